The van der Waals surface area contributed by atoms with Crippen molar-refractivity contribution in [3.63, 3.8) is 0 Å². The molecule has 1 N–H and O–H groups in total. The molecule has 2 aromatic rings. The van der Waals surface area contributed by atoms with E-state index < -0.39 is 29.4 Å². The number of anilines is 1. The minimum atomic E-state index is -4.92. The number of hydrogen-bond acceptors (Lipinski definition) is 5. The maximum Gasteiger partial charge on any atom is 0.416 e. The quantitative estimate of drug-likeness (QED) is 0.606. The number of carbonyl (C=O) groups excluding carboxylic acids is 1. The second-order valence-corrected chi connectivity index (χ2v) is 5.28. The molecule has 0 fully saturated rings. The van der Waals surface area contributed by atoms with E-state index in [4.69, 9.17) is 4.74 Å². The number of aromatic nitrogens is 2. The number of ether oxygens (including phenoxy) is 1. The van der Waals surface area contributed by atoms with Gasteiger partial charge >= 0.3 is 18.3 Å². The molecule has 0 aliphatic carbocycles. The Hall–Kier alpha value is -2.85. The van der Waals surface area contributed by atoms with E-state index in [2.05, 4.69) is 15.3 Å². The topological polar surface area (TPSA) is 64.1 Å². The summed E-state index contributed by atoms with van der Waals surface area (Å²) in [6, 6.07) is 1.26. The molecule has 0 aliphatic heterocycles. The van der Waals surface area contributed by atoms with Crippen LogP contribution in [0.25, 0.3) is 0 Å². The fourth-order valence-electron chi connectivity index (χ4n) is 2.04. The Morgan fingerprint density at radius 3 is 1.96 bits per heavy atom. The molecule has 1 aromatic carbocycles. The molecule has 0 radical (unpaired) electrons. The largest absolute Gasteiger partial charge is 0.462 e. The van der Waals surface area contributed by atoms with Crippen molar-refractivity contribution in [1.29, 1.82) is 0 Å². The number of esters is 1. The second-order valence-electron chi connectivity index (χ2n) is 5.28. The van der Waals surface area contributed by atoms with Gasteiger partial charge in [-0.25, -0.2) is 14.8 Å². The average molecular weight is 393 g/mol. The Morgan fingerprint density at radius 2 is 1.52 bits per heavy atom. The molecule has 0 amide bonds. The van der Waals surface area contributed by atoms with Crippen LogP contribution in [0.15, 0.2) is 30.6 Å². The molecule has 1 aromatic heterocycles. The Bertz CT molecular complexity index is 771. The zero-order valence-corrected chi connectivity index (χ0v) is 13.8. The van der Waals surface area contributed by atoms with Crippen molar-refractivity contribution in [1.82, 2.24) is 9.97 Å². The monoisotopic (exact) mass is 393 g/mol. The van der Waals surface area contributed by atoms with Gasteiger partial charge in [0.1, 0.15) is 0 Å². The molecule has 5 nitrogen and oxygen atoms in total. The van der Waals surface area contributed by atoms with Crippen molar-refractivity contribution in [2.45, 2.75) is 25.8 Å². The molecule has 0 aliphatic rings. The smallest absolute Gasteiger partial charge is 0.416 e. The SMILES string of the molecule is CCOC(=O)c1cnc(NCc2cc(C(F)(F)F)cc(C(F)(F)F)c2)nc1. The number of benzene rings is 1. The summed E-state index contributed by atoms with van der Waals surface area (Å²) >= 11 is 0. The van der Waals surface area contributed by atoms with Crippen LogP contribution < -0.4 is 5.32 Å². The van der Waals surface area contributed by atoms with Crippen molar-refractivity contribution in [3.8, 4) is 0 Å². The van der Waals surface area contributed by atoms with Crippen LogP contribution in [-0.2, 0) is 23.6 Å². The highest BCUT2D eigenvalue weighted by Crippen LogP contribution is 2.36. The van der Waals surface area contributed by atoms with Gasteiger partial charge in [0, 0.05) is 18.9 Å². The lowest BCUT2D eigenvalue weighted by atomic mass is 10.0. The van der Waals surface area contributed by atoms with Crippen molar-refractivity contribution in [2.24, 2.45) is 0 Å². The Morgan fingerprint density at radius 1 is 1.00 bits per heavy atom. The summed E-state index contributed by atoms with van der Waals surface area (Å²) in [5.74, 6) is -0.731. The van der Waals surface area contributed by atoms with Crippen LogP contribution in [0.3, 0.4) is 0 Å². The van der Waals surface area contributed by atoms with E-state index in [1.807, 2.05) is 0 Å². The van der Waals surface area contributed by atoms with Crippen molar-refractivity contribution < 1.29 is 35.9 Å². The number of nitrogens with one attached hydrogen (secondary N) is 1. The predicted molar refractivity (Wildman–Crippen MR) is 81.8 cm³/mol. The van der Waals surface area contributed by atoms with Gasteiger partial charge in [-0.2, -0.15) is 26.3 Å². The molecule has 1 heterocycles. The lowest BCUT2D eigenvalue weighted by molar-refractivity contribution is -0.143. The molecule has 0 spiro atoms. The van der Waals surface area contributed by atoms with Gasteiger partial charge in [0.25, 0.3) is 0 Å². The minimum absolute atomic E-state index is 0.0497. The minimum Gasteiger partial charge on any atom is -0.462 e. The predicted octanol–water partition coefficient (Wildman–Crippen LogP) is 4.30. The summed E-state index contributed by atoms with van der Waals surface area (Å²) in [5.41, 5.74) is -3.02. The van der Waals surface area contributed by atoms with E-state index in [1.165, 1.54) is 0 Å². The highest BCUT2D eigenvalue weighted by atomic mass is 19.4. The van der Waals surface area contributed by atoms with E-state index in [-0.39, 0.29) is 36.3 Å². The average Bonchev–Trinajstić information content (AvgIpc) is 2.59. The van der Waals surface area contributed by atoms with Gasteiger partial charge in [-0.05, 0) is 30.7 Å². The first-order valence-electron chi connectivity index (χ1n) is 7.52. The number of nitrogens with zero attached hydrogens (tertiary/aromatic N) is 2. The molecule has 27 heavy (non-hydrogen) atoms. The van der Waals surface area contributed by atoms with Crippen molar-refractivity contribution in [2.75, 3.05) is 11.9 Å². The van der Waals surface area contributed by atoms with Crippen LogP contribution in [0, 0.1) is 0 Å². The summed E-state index contributed by atoms with van der Waals surface area (Å²) in [6.45, 7) is 1.38. The Labute approximate surface area is 149 Å². The lowest BCUT2D eigenvalue weighted by Crippen LogP contribution is -2.13. The second kappa shape index (κ2) is 7.80. The molecular weight excluding hydrogens is 380 g/mol. The molecule has 146 valence electrons. The van der Waals surface area contributed by atoms with Gasteiger partial charge < -0.3 is 10.1 Å². The number of halogens is 6. The van der Waals surface area contributed by atoms with E-state index >= 15 is 0 Å². The van der Waals surface area contributed by atoms with Gasteiger partial charge in [0.15, 0.2) is 0 Å². The highest BCUT2D eigenvalue weighted by Gasteiger charge is 2.36. The first-order chi connectivity index (χ1) is 12.5. The molecule has 0 saturated carbocycles. The molecular formula is C16H13F6N3O2. The zero-order valence-electron chi connectivity index (χ0n) is 13.8. The summed E-state index contributed by atoms with van der Waals surface area (Å²) in [7, 11) is 0. The molecule has 0 bridgehead atoms. The van der Waals surface area contributed by atoms with Gasteiger partial charge in [-0.15, -0.1) is 0 Å². The Balaban J connectivity index is 2.18. The summed E-state index contributed by atoms with van der Waals surface area (Å²) < 4.78 is 81.7. The van der Waals surface area contributed by atoms with Gasteiger partial charge in [0.05, 0.1) is 23.3 Å². The van der Waals surface area contributed by atoms with Gasteiger partial charge in [-0.1, -0.05) is 0 Å². The van der Waals surface area contributed by atoms with E-state index in [0.29, 0.717) is 12.1 Å². The summed E-state index contributed by atoms with van der Waals surface area (Å²) in [6.07, 6.45) is -7.59. The van der Waals surface area contributed by atoms with Crippen molar-refractivity contribution >= 4 is 11.9 Å². The Kier molecular flexibility index (Phi) is 5.91. The molecule has 2 rings (SSSR count). The third-order valence-corrected chi connectivity index (χ3v) is 3.26. The van der Waals surface area contributed by atoms with Crippen LogP contribution in [0.1, 0.15) is 34.0 Å². The standard InChI is InChI=1S/C16H13F6N3O2/c1-2-27-13(26)10-7-24-14(25-8-10)23-6-9-3-11(15(17,18)19)5-12(4-9)16(20,21)22/h3-5,7-8H,2,6H2,1H3,(H,23,24,25). The number of alkyl halides is 6. The normalized spacial score (nSPS) is 12.0. The number of rotatable bonds is 5. The van der Waals surface area contributed by atoms with Gasteiger partial charge in [0.2, 0.25) is 5.95 Å². The number of hydrogen-bond donors (Lipinski definition) is 1. The fourth-order valence-corrected chi connectivity index (χ4v) is 2.04. The summed E-state index contributed by atoms with van der Waals surface area (Å²) in [5, 5.41) is 2.51. The van der Waals surface area contributed by atoms with E-state index in [9.17, 15) is 31.1 Å². The molecule has 0 atom stereocenters. The van der Waals surface area contributed by atoms with E-state index in [0.717, 1.165) is 12.4 Å². The molecule has 11 heteroatoms. The molecule has 0 unspecified atom stereocenters. The van der Waals surface area contributed by atoms with Crippen molar-refractivity contribution in [3.05, 3.63) is 52.8 Å². The van der Waals surface area contributed by atoms with Crippen LogP contribution in [0.4, 0.5) is 32.3 Å². The third-order valence-electron chi connectivity index (χ3n) is 3.26. The molecule has 0 saturated heterocycles. The third kappa shape index (κ3) is 5.56. The summed E-state index contributed by atoms with van der Waals surface area (Å²) in [4.78, 5) is 19.0. The highest BCUT2D eigenvalue weighted by molar-refractivity contribution is 5.88. The van der Waals surface area contributed by atoms with Crippen LogP contribution >= 0.6 is 0 Å². The van der Waals surface area contributed by atoms with Crippen LogP contribution in [0.5, 0.6) is 0 Å². The van der Waals surface area contributed by atoms with Crippen LogP contribution in [0.2, 0.25) is 0 Å². The fraction of sp³-hybridized carbons (Fsp3) is 0.312. The van der Waals surface area contributed by atoms with Crippen LogP contribution in [-0.4, -0.2) is 22.5 Å². The zero-order chi connectivity index (χ0) is 20.2. The van der Waals surface area contributed by atoms with Gasteiger partial charge in [-0.3, -0.25) is 0 Å². The lowest BCUT2D eigenvalue weighted by Gasteiger charge is -2.14. The first kappa shape index (κ1) is 20.5. The first-order valence-corrected chi connectivity index (χ1v) is 7.52. The van der Waals surface area contributed by atoms with E-state index in [1.54, 1.807) is 6.92 Å². The maximum atomic E-state index is 12.8. The maximum absolute atomic E-state index is 12.8. The number of carbonyl (C=O) groups is 1.